The highest BCUT2D eigenvalue weighted by atomic mass is 16.3. The molecule has 0 aliphatic heterocycles. The van der Waals surface area contributed by atoms with Gasteiger partial charge in [0.25, 0.3) is 0 Å². The van der Waals surface area contributed by atoms with Gasteiger partial charge in [-0.3, -0.25) is 4.98 Å². The van der Waals surface area contributed by atoms with Crippen molar-refractivity contribution in [1.29, 1.82) is 0 Å². The molecule has 0 fully saturated rings. The number of nitrogen functional groups attached to an aromatic ring is 1. The number of aryl methyl sites for hydroxylation is 1. The molecule has 0 spiro atoms. The van der Waals surface area contributed by atoms with Crippen molar-refractivity contribution in [2.45, 2.75) is 13.3 Å². The second kappa shape index (κ2) is 3.18. The molecule has 0 unspecified atom stereocenters. The third-order valence-corrected chi connectivity index (χ3v) is 2.24. The summed E-state index contributed by atoms with van der Waals surface area (Å²) in [6.07, 6.45) is 0.862. The molecular formula is C11H12N2O. The van der Waals surface area contributed by atoms with E-state index < -0.39 is 0 Å². The van der Waals surface area contributed by atoms with Crippen LogP contribution in [0.25, 0.3) is 10.9 Å². The number of hydrogen-bond acceptors (Lipinski definition) is 3. The molecule has 0 saturated heterocycles. The summed E-state index contributed by atoms with van der Waals surface area (Å²) in [6.45, 7) is 2.04. The van der Waals surface area contributed by atoms with Crippen LogP contribution < -0.4 is 5.73 Å². The normalized spacial score (nSPS) is 10.6. The number of aromatic nitrogens is 1. The Hall–Kier alpha value is -1.77. The molecule has 0 bridgehead atoms. The first-order valence-corrected chi connectivity index (χ1v) is 4.59. The van der Waals surface area contributed by atoms with Gasteiger partial charge in [-0.2, -0.15) is 0 Å². The zero-order valence-electron chi connectivity index (χ0n) is 7.99. The minimum absolute atomic E-state index is 0.218. The fourth-order valence-electron chi connectivity index (χ4n) is 1.48. The number of hydrogen-bond donors (Lipinski definition) is 2. The molecule has 2 rings (SSSR count). The first-order valence-electron chi connectivity index (χ1n) is 4.59. The Morgan fingerprint density at radius 1 is 1.36 bits per heavy atom. The molecule has 0 saturated carbocycles. The van der Waals surface area contributed by atoms with E-state index in [-0.39, 0.29) is 5.75 Å². The lowest BCUT2D eigenvalue weighted by atomic mass is 10.1. The summed E-state index contributed by atoms with van der Waals surface area (Å²) in [4.78, 5) is 4.40. The van der Waals surface area contributed by atoms with E-state index in [1.807, 2.05) is 13.0 Å². The Balaban J connectivity index is 2.76. The van der Waals surface area contributed by atoms with Gasteiger partial charge >= 0.3 is 0 Å². The van der Waals surface area contributed by atoms with E-state index in [2.05, 4.69) is 4.98 Å². The van der Waals surface area contributed by atoms with Gasteiger partial charge < -0.3 is 10.8 Å². The second-order valence-corrected chi connectivity index (χ2v) is 3.26. The zero-order chi connectivity index (χ0) is 10.1. The average Bonchev–Trinajstić information content (AvgIpc) is 2.19. The highest BCUT2D eigenvalue weighted by Gasteiger charge is 2.02. The highest BCUT2D eigenvalue weighted by Crippen LogP contribution is 2.24. The predicted octanol–water partition coefficient (Wildman–Crippen LogP) is 2.08. The maximum Gasteiger partial charge on any atom is 0.116 e. The molecular weight excluding hydrogens is 176 g/mol. The number of phenolic OH excluding ortho intramolecular Hbond substituents is 1. The molecule has 3 heteroatoms. The van der Waals surface area contributed by atoms with Crippen molar-refractivity contribution in [3.63, 3.8) is 0 Å². The molecule has 1 heterocycles. The second-order valence-electron chi connectivity index (χ2n) is 3.26. The molecule has 1 aromatic carbocycles. The topological polar surface area (TPSA) is 59.1 Å². The van der Waals surface area contributed by atoms with Crippen molar-refractivity contribution in [2.75, 3.05) is 5.73 Å². The minimum atomic E-state index is 0.218. The van der Waals surface area contributed by atoms with Crippen molar-refractivity contribution in [3.05, 3.63) is 30.0 Å². The number of nitrogens with two attached hydrogens (primary N) is 1. The van der Waals surface area contributed by atoms with E-state index in [9.17, 15) is 5.11 Å². The number of rotatable bonds is 1. The molecule has 0 aliphatic rings. The summed E-state index contributed by atoms with van der Waals surface area (Å²) in [5, 5.41) is 10.1. The van der Waals surface area contributed by atoms with E-state index in [1.54, 1.807) is 18.2 Å². The van der Waals surface area contributed by atoms with Crippen LogP contribution in [0.3, 0.4) is 0 Å². The standard InChI is InChI=1S/C11H12N2O/c1-2-7-5-10(12)9-6-8(14)3-4-11(9)13-7/h3-6,14H,2H2,1H3,(H2,12,13). The first-order chi connectivity index (χ1) is 6.70. The minimum Gasteiger partial charge on any atom is -0.508 e. The van der Waals surface area contributed by atoms with Crippen LogP contribution in [0, 0.1) is 0 Å². The summed E-state index contributed by atoms with van der Waals surface area (Å²) < 4.78 is 0. The van der Waals surface area contributed by atoms with Crippen LogP contribution >= 0.6 is 0 Å². The van der Waals surface area contributed by atoms with Gasteiger partial charge in [0.2, 0.25) is 0 Å². The SMILES string of the molecule is CCc1cc(N)c2cc(O)ccc2n1. The molecule has 0 radical (unpaired) electrons. The lowest BCUT2D eigenvalue weighted by Crippen LogP contribution is -1.94. The van der Waals surface area contributed by atoms with Gasteiger partial charge in [-0.15, -0.1) is 0 Å². The number of phenols is 1. The number of aromatic hydroxyl groups is 1. The van der Waals surface area contributed by atoms with Gasteiger partial charge in [-0.25, -0.2) is 0 Å². The summed E-state index contributed by atoms with van der Waals surface area (Å²) in [5.74, 6) is 0.218. The predicted molar refractivity (Wildman–Crippen MR) is 57.2 cm³/mol. The zero-order valence-corrected chi connectivity index (χ0v) is 7.99. The van der Waals surface area contributed by atoms with Crippen LogP contribution in [0.2, 0.25) is 0 Å². The third-order valence-electron chi connectivity index (χ3n) is 2.24. The van der Waals surface area contributed by atoms with Gasteiger partial charge in [0, 0.05) is 16.8 Å². The number of anilines is 1. The number of pyridine rings is 1. The number of nitrogens with zero attached hydrogens (tertiary/aromatic N) is 1. The molecule has 1 aromatic heterocycles. The largest absolute Gasteiger partial charge is 0.508 e. The van der Waals surface area contributed by atoms with Gasteiger partial charge in [0.15, 0.2) is 0 Å². The maximum absolute atomic E-state index is 9.30. The van der Waals surface area contributed by atoms with Crippen molar-refractivity contribution in [2.24, 2.45) is 0 Å². The van der Waals surface area contributed by atoms with Gasteiger partial charge in [0.05, 0.1) is 5.52 Å². The molecule has 3 nitrogen and oxygen atoms in total. The van der Waals surface area contributed by atoms with E-state index >= 15 is 0 Å². The Labute approximate surface area is 82.2 Å². The molecule has 0 amide bonds. The van der Waals surface area contributed by atoms with E-state index in [0.29, 0.717) is 5.69 Å². The van der Waals surface area contributed by atoms with Crippen LogP contribution in [0.15, 0.2) is 24.3 Å². The fraction of sp³-hybridized carbons (Fsp3) is 0.182. The van der Waals surface area contributed by atoms with Gasteiger partial charge in [-0.1, -0.05) is 6.92 Å². The van der Waals surface area contributed by atoms with Crippen molar-refractivity contribution < 1.29 is 5.11 Å². The summed E-state index contributed by atoms with van der Waals surface area (Å²) in [5.41, 5.74) is 8.33. The summed E-state index contributed by atoms with van der Waals surface area (Å²) >= 11 is 0. The first kappa shape index (κ1) is 8.81. The van der Waals surface area contributed by atoms with E-state index in [4.69, 9.17) is 5.73 Å². The Kier molecular flexibility index (Phi) is 2.00. The van der Waals surface area contributed by atoms with E-state index in [0.717, 1.165) is 23.0 Å². The monoisotopic (exact) mass is 188 g/mol. The average molecular weight is 188 g/mol. The van der Waals surface area contributed by atoms with Crippen LogP contribution in [-0.4, -0.2) is 10.1 Å². The van der Waals surface area contributed by atoms with Crippen LogP contribution in [0.5, 0.6) is 5.75 Å². The lowest BCUT2D eigenvalue weighted by molar-refractivity contribution is 0.476. The molecule has 3 N–H and O–H groups in total. The molecule has 72 valence electrons. The van der Waals surface area contributed by atoms with Crippen LogP contribution in [0.1, 0.15) is 12.6 Å². The summed E-state index contributed by atoms with van der Waals surface area (Å²) in [7, 11) is 0. The van der Waals surface area contributed by atoms with Crippen molar-refractivity contribution in [1.82, 2.24) is 4.98 Å². The smallest absolute Gasteiger partial charge is 0.116 e. The van der Waals surface area contributed by atoms with Crippen LogP contribution in [0.4, 0.5) is 5.69 Å². The number of benzene rings is 1. The quantitative estimate of drug-likeness (QED) is 0.720. The van der Waals surface area contributed by atoms with Gasteiger partial charge in [0.1, 0.15) is 5.75 Å². The fourth-order valence-corrected chi connectivity index (χ4v) is 1.48. The molecule has 14 heavy (non-hydrogen) atoms. The number of fused-ring (bicyclic) bond motifs is 1. The summed E-state index contributed by atoms with van der Waals surface area (Å²) in [6, 6.07) is 6.88. The van der Waals surface area contributed by atoms with Crippen LogP contribution in [-0.2, 0) is 6.42 Å². The third kappa shape index (κ3) is 1.37. The van der Waals surface area contributed by atoms with Gasteiger partial charge in [-0.05, 0) is 30.7 Å². The molecule has 2 aromatic rings. The maximum atomic E-state index is 9.30. The molecule has 0 atom stereocenters. The van der Waals surface area contributed by atoms with Crippen molar-refractivity contribution in [3.8, 4) is 5.75 Å². The van der Waals surface area contributed by atoms with Crippen molar-refractivity contribution >= 4 is 16.6 Å². The Morgan fingerprint density at radius 2 is 2.14 bits per heavy atom. The Morgan fingerprint density at radius 3 is 2.86 bits per heavy atom. The van der Waals surface area contributed by atoms with E-state index in [1.165, 1.54) is 0 Å². The molecule has 0 aliphatic carbocycles. The Bertz CT molecular complexity index is 480. The lowest BCUT2D eigenvalue weighted by Gasteiger charge is -2.04. The highest BCUT2D eigenvalue weighted by molar-refractivity contribution is 5.91.